The highest BCUT2D eigenvalue weighted by Crippen LogP contribution is 2.35. The van der Waals surface area contributed by atoms with E-state index in [0.717, 1.165) is 24.0 Å². The van der Waals surface area contributed by atoms with Gasteiger partial charge in [0.05, 0.1) is 11.3 Å². The van der Waals surface area contributed by atoms with E-state index in [2.05, 4.69) is 21.2 Å². The molecule has 0 spiro atoms. The number of Topliss-reactive ketones (excluding diaryl/α,β-unsaturated/α-hetero) is 1. The first-order chi connectivity index (χ1) is 8.66. The maximum absolute atomic E-state index is 11.9. The topological polar surface area (TPSA) is 49.4 Å². The number of nitrogens with one attached hydrogen (secondary N) is 1. The van der Waals surface area contributed by atoms with E-state index in [1.54, 1.807) is 17.0 Å². The highest BCUT2D eigenvalue weighted by atomic mass is 79.9. The molecule has 1 amide bonds. The monoisotopic (exact) mass is 310 g/mol. The first-order valence-corrected chi connectivity index (χ1v) is 6.81. The number of amides is 1. The van der Waals surface area contributed by atoms with Crippen LogP contribution in [0.4, 0.5) is 5.69 Å². The van der Waals surface area contributed by atoms with Gasteiger partial charge in [0.25, 0.3) is 11.7 Å². The van der Waals surface area contributed by atoms with Crippen LogP contribution in [0.1, 0.15) is 23.7 Å². The predicted molar refractivity (Wildman–Crippen MR) is 74.0 cm³/mol. The number of benzene rings is 1. The van der Waals surface area contributed by atoms with Gasteiger partial charge in [-0.05, 0) is 47.6 Å². The van der Waals surface area contributed by atoms with Crippen molar-refractivity contribution in [2.45, 2.75) is 13.3 Å². The van der Waals surface area contributed by atoms with Crippen LogP contribution in [0.3, 0.4) is 0 Å². The molecular formula is C13H15BrN2O2. The van der Waals surface area contributed by atoms with Crippen LogP contribution in [-0.2, 0) is 4.79 Å². The van der Waals surface area contributed by atoms with Gasteiger partial charge in [0, 0.05) is 11.0 Å². The second-order valence-electron chi connectivity index (χ2n) is 4.13. The van der Waals surface area contributed by atoms with Crippen LogP contribution < -0.4 is 10.2 Å². The van der Waals surface area contributed by atoms with Crippen molar-refractivity contribution in [1.29, 1.82) is 0 Å². The number of ketones is 1. The molecule has 1 aromatic carbocycles. The summed E-state index contributed by atoms with van der Waals surface area (Å²) < 4.78 is 0.794. The van der Waals surface area contributed by atoms with Crippen LogP contribution in [0.5, 0.6) is 0 Å². The van der Waals surface area contributed by atoms with Gasteiger partial charge in [0.1, 0.15) is 0 Å². The summed E-state index contributed by atoms with van der Waals surface area (Å²) in [4.78, 5) is 25.3. The summed E-state index contributed by atoms with van der Waals surface area (Å²) in [5, 5.41) is 3.20. The number of rotatable bonds is 5. The fourth-order valence-corrected chi connectivity index (χ4v) is 2.64. The molecule has 4 nitrogen and oxygen atoms in total. The maximum atomic E-state index is 11.9. The average Bonchev–Trinajstić information content (AvgIpc) is 2.61. The van der Waals surface area contributed by atoms with Gasteiger partial charge >= 0.3 is 0 Å². The molecule has 5 heteroatoms. The number of nitrogens with zero attached hydrogens (tertiary/aromatic N) is 1. The summed E-state index contributed by atoms with van der Waals surface area (Å²) in [5.74, 6) is -0.830. The quantitative estimate of drug-likeness (QED) is 0.668. The van der Waals surface area contributed by atoms with Crippen molar-refractivity contribution >= 4 is 33.3 Å². The number of hydrogen-bond acceptors (Lipinski definition) is 3. The lowest BCUT2D eigenvalue weighted by Crippen LogP contribution is -2.32. The number of carbonyl (C=O) groups is 2. The van der Waals surface area contributed by atoms with E-state index in [9.17, 15) is 9.59 Å². The van der Waals surface area contributed by atoms with E-state index in [0.29, 0.717) is 17.8 Å². The Balaban J connectivity index is 2.17. The number of halogens is 1. The molecule has 0 bridgehead atoms. The molecule has 0 saturated heterocycles. The van der Waals surface area contributed by atoms with Gasteiger partial charge in [-0.1, -0.05) is 13.0 Å². The van der Waals surface area contributed by atoms with Crippen LogP contribution in [0, 0.1) is 0 Å². The van der Waals surface area contributed by atoms with Crippen molar-refractivity contribution in [3.05, 3.63) is 28.2 Å². The molecule has 1 aliphatic rings. The normalized spacial score (nSPS) is 14.2. The van der Waals surface area contributed by atoms with Gasteiger partial charge < -0.3 is 10.2 Å². The number of hydrogen-bond donors (Lipinski definition) is 1. The minimum absolute atomic E-state index is 0.408. The summed E-state index contributed by atoms with van der Waals surface area (Å²) in [5.41, 5.74) is 1.21. The van der Waals surface area contributed by atoms with Crippen LogP contribution in [0.2, 0.25) is 0 Å². The lowest BCUT2D eigenvalue weighted by Gasteiger charge is -2.17. The number of carbonyl (C=O) groups excluding carboxylic acids is 2. The smallest absolute Gasteiger partial charge is 0.299 e. The molecule has 18 heavy (non-hydrogen) atoms. The van der Waals surface area contributed by atoms with Crippen LogP contribution in [-0.4, -0.2) is 31.3 Å². The highest BCUT2D eigenvalue weighted by molar-refractivity contribution is 9.10. The van der Waals surface area contributed by atoms with Gasteiger partial charge in [-0.15, -0.1) is 0 Å². The Morgan fingerprint density at radius 3 is 2.83 bits per heavy atom. The molecular weight excluding hydrogens is 296 g/mol. The fourth-order valence-electron chi connectivity index (χ4n) is 2.06. The molecule has 0 fully saturated rings. The number of para-hydroxylation sites is 1. The second kappa shape index (κ2) is 5.63. The summed E-state index contributed by atoms with van der Waals surface area (Å²) in [6.07, 6.45) is 0.827. The van der Waals surface area contributed by atoms with Crippen molar-refractivity contribution in [2.75, 3.05) is 24.5 Å². The van der Waals surface area contributed by atoms with Crippen molar-refractivity contribution in [2.24, 2.45) is 0 Å². The zero-order chi connectivity index (χ0) is 13.1. The SMILES string of the molecule is CCNCCCN1C(=O)C(=O)c2cccc(Br)c21. The number of anilines is 1. The van der Waals surface area contributed by atoms with E-state index >= 15 is 0 Å². The molecule has 0 aromatic heterocycles. The van der Waals surface area contributed by atoms with Gasteiger partial charge in [-0.3, -0.25) is 9.59 Å². The van der Waals surface area contributed by atoms with Crippen molar-refractivity contribution in [1.82, 2.24) is 5.32 Å². The zero-order valence-electron chi connectivity index (χ0n) is 10.2. The largest absolute Gasteiger partial charge is 0.317 e. The highest BCUT2D eigenvalue weighted by Gasteiger charge is 2.36. The second-order valence-corrected chi connectivity index (χ2v) is 4.98. The van der Waals surface area contributed by atoms with E-state index in [1.165, 1.54) is 0 Å². The fraction of sp³-hybridized carbons (Fsp3) is 0.385. The molecule has 96 valence electrons. The summed E-state index contributed by atoms with van der Waals surface area (Å²) >= 11 is 3.40. The first-order valence-electron chi connectivity index (χ1n) is 6.02. The number of fused-ring (bicyclic) bond motifs is 1. The lowest BCUT2D eigenvalue weighted by atomic mass is 10.1. The molecule has 2 rings (SSSR count). The van der Waals surface area contributed by atoms with Crippen molar-refractivity contribution < 1.29 is 9.59 Å². The molecule has 0 aliphatic carbocycles. The third-order valence-corrected chi connectivity index (χ3v) is 3.57. The van der Waals surface area contributed by atoms with Gasteiger partial charge in [-0.25, -0.2) is 0 Å². The molecule has 1 aromatic rings. The third kappa shape index (κ3) is 2.33. The Kier molecular flexibility index (Phi) is 4.14. The van der Waals surface area contributed by atoms with Gasteiger partial charge in [0.2, 0.25) is 0 Å². The van der Waals surface area contributed by atoms with Crippen molar-refractivity contribution in [3.63, 3.8) is 0 Å². The Hall–Kier alpha value is -1.20. The Labute approximate surface area is 114 Å². The first kappa shape index (κ1) is 13.2. The van der Waals surface area contributed by atoms with E-state index < -0.39 is 11.7 Å². The predicted octanol–water partition coefficient (Wildman–Crippen LogP) is 1.98. The van der Waals surface area contributed by atoms with Crippen molar-refractivity contribution in [3.8, 4) is 0 Å². The van der Waals surface area contributed by atoms with Crippen LogP contribution >= 0.6 is 15.9 Å². The standard InChI is InChI=1S/C13H15BrN2O2/c1-2-15-7-4-8-16-11-9(12(17)13(16)18)5-3-6-10(11)14/h3,5-6,15H,2,4,7-8H2,1H3. The Bertz CT molecular complexity index is 488. The molecule has 1 N–H and O–H groups in total. The maximum Gasteiger partial charge on any atom is 0.299 e. The third-order valence-electron chi connectivity index (χ3n) is 2.93. The van der Waals surface area contributed by atoms with Gasteiger partial charge in [-0.2, -0.15) is 0 Å². The van der Waals surface area contributed by atoms with E-state index in [1.807, 2.05) is 13.0 Å². The van der Waals surface area contributed by atoms with E-state index in [-0.39, 0.29) is 0 Å². The minimum atomic E-state index is -0.423. The Morgan fingerprint density at radius 1 is 1.33 bits per heavy atom. The average molecular weight is 311 g/mol. The Morgan fingerprint density at radius 2 is 2.11 bits per heavy atom. The molecule has 1 heterocycles. The summed E-state index contributed by atoms with van der Waals surface area (Å²) in [6, 6.07) is 5.32. The molecule has 0 atom stereocenters. The molecule has 0 saturated carbocycles. The van der Waals surface area contributed by atoms with Gasteiger partial charge in [0.15, 0.2) is 0 Å². The van der Waals surface area contributed by atoms with Crippen LogP contribution in [0.15, 0.2) is 22.7 Å². The molecule has 0 unspecified atom stereocenters. The minimum Gasteiger partial charge on any atom is -0.317 e. The van der Waals surface area contributed by atoms with E-state index in [4.69, 9.17) is 0 Å². The lowest BCUT2D eigenvalue weighted by molar-refractivity contribution is -0.114. The molecule has 1 aliphatic heterocycles. The van der Waals surface area contributed by atoms with Crippen LogP contribution in [0.25, 0.3) is 0 Å². The molecule has 0 radical (unpaired) electrons. The zero-order valence-corrected chi connectivity index (χ0v) is 11.8. The summed E-state index contributed by atoms with van der Waals surface area (Å²) in [7, 11) is 0. The summed E-state index contributed by atoms with van der Waals surface area (Å²) in [6.45, 7) is 4.35.